The van der Waals surface area contributed by atoms with Crippen LogP contribution in [-0.4, -0.2) is 75.0 Å². The lowest BCUT2D eigenvalue weighted by molar-refractivity contribution is -0.258. The largest absolute Gasteiger partial charge is 0.496 e. The average Bonchev–Trinajstić information content (AvgIpc) is 2.91. The Kier molecular flexibility index (Phi) is 8.60. The van der Waals surface area contributed by atoms with Gasteiger partial charge in [-0.2, -0.15) is 0 Å². The number of aliphatic hydroxyl groups is 5. The van der Waals surface area contributed by atoms with Gasteiger partial charge in [-0.05, 0) is 38.0 Å². The molecule has 214 valence electrons. The number of aliphatic hydroxyl groups excluding tert-OH is 4. The minimum absolute atomic E-state index is 0.00701. The number of methoxy groups -OCH3 is 1. The maximum Gasteiger partial charge on any atom is 0.200 e. The van der Waals surface area contributed by atoms with Gasteiger partial charge in [0, 0.05) is 18.1 Å². The van der Waals surface area contributed by atoms with E-state index in [9.17, 15) is 35.1 Å². The van der Waals surface area contributed by atoms with E-state index < -0.39 is 53.9 Å². The number of Topliss-reactive ketones (excluding diaryl/α,β-unsaturated/α-hetero) is 1. The summed E-state index contributed by atoms with van der Waals surface area (Å²) in [6.45, 7) is 4.18. The zero-order valence-electron chi connectivity index (χ0n) is 22.7. The van der Waals surface area contributed by atoms with Crippen LogP contribution in [0.5, 0.6) is 5.75 Å². The number of aryl methyl sites for hydroxylation is 1. The smallest absolute Gasteiger partial charge is 0.200 e. The van der Waals surface area contributed by atoms with E-state index in [1.807, 2.05) is 0 Å². The number of allylic oxidation sites excluding steroid dienone is 1. The van der Waals surface area contributed by atoms with Crippen LogP contribution in [0.3, 0.4) is 0 Å². The molecule has 0 aliphatic carbocycles. The summed E-state index contributed by atoms with van der Waals surface area (Å²) >= 11 is 0. The summed E-state index contributed by atoms with van der Waals surface area (Å²) in [6, 6.07) is 9.17. The van der Waals surface area contributed by atoms with Gasteiger partial charge in [0.2, 0.25) is 5.78 Å². The summed E-state index contributed by atoms with van der Waals surface area (Å²) in [5.74, 6) is -0.766. The molecule has 0 spiro atoms. The molecule has 10 nitrogen and oxygen atoms in total. The van der Waals surface area contributed by atoms with Crippen LogP contribution in [-0.2, 0) is 11.2 Å². The molecule has 2 aromatic carbocycles. The predicted octanol–water partition coefficient (Wildman–Crippen LogP) is 1.83. The summed E-state index contributed by atoms with van der Waals surface area (Å²) in [7, 11) is 1.34. The summed E-state index contributed by atoms with van der Waals surface area (Å²) in [5, 5.41) is 54.3. The fraction of sp³-hybridized carbons (Fsp3) is 0.400. The van der Waals surface area contributed by atoms with E-state index in [0.717, 1.165) is 0 Å². The number of carbonyl (C=O) groups is 1. The summed E-state index contributed by atoms with van der Waals surface area (Å²) in [5.41, 5.74) is -2.47. The molecule has 0 radical (unpaired) electrons. The second kappa shape index (κ2) is 11.6. The van der Waals surface area contributed by atoms with Gasteiger partial charge in [0.1, 0.15) is 41.5 Å². The van der Waals surface area contributed by atoms with Gasteiger partial charge in [0.15, 0.2) is 11.0 Å². The van der Waals surface area contributed by atoms with E-state index >= 15 is 0 Å². The summed E-state index contributed by atoms with van der Waals surface area (Å²) in [4.78, 5) is 27.4. The lowest BCUT2D eigenvalue weighted by Gasteiger charge is -2.47. The lowest BCUT2D eigenvalue weighted by Crippen LogP contribution is -2.66. The van der Waals surface area contributed by atoms with Gasteiger partial charge in [0.05, 0.1) is 30.8 Å². The van der Waals surface area contributed by atoms with Crippen LogP contribution in [0.25, 0.3) is 17.0 Å². The lowest BCUT2D eigenvalue weighted by atomic mass is 9.73. The zero-order valence-corrected chi connectivity index (χ0v) is 22.7. The van der Waals surface area contributed by atoms with E-state index in [1.165, 1.54) is 32.2 Å². The topological polar surface area (TPSA) is 167 Å². The molecule has 6 atom stereocenters. The number of hydrogen-bond acceptors (Lipinski definition) is 10. The third kappa shape index (κ3) is 4.98. The van der Waals surface area contributed by atoms with Crippen molar-refractivity contribution in [3.8, 4) is 5.75 Å². The molecular formula is C30H34O10. The summed E-state index contributed by atoms with van der Waals surface area (Å²) in [6.07, 6.45) is -4.64. The molecule has 4 rings (SSSR count). The highest BCUT2D eigenvalue weighted by atomic mass is 16.6. The van der Waals surface area contributed by atoms with Crippen molar-refractivity contribution in [1.29, 1.82) is 0 Å². The Morgan fingerprint density at radius 2 is 1.93 bits per heavy atom. The number of ether oxygens (including phenoxy) is 2. The van der Waals surface area contributed by atoms with Gasteiger partial charge < -0.3 is 39.4 Å². The van der Waals surface area contributed by atoms with Crippen LogP contribution in [0.1, 0.15) is 52.8 Å². The SMILES string of the molecule is CC=Cc1ccccc1C(=O)[C@]1(O)[C@H](c2c(OC)cc(C)c3c(=O)cc(CC(C)O)oc23)O[C@H](CO)[C@@H](O)[C@@H]1O. The Bertz CT molecular complexity index is 1490. The Morgan fingerprint density at radius 1 is 1.23 bits per heavy atom. The highest BCUT2D eigenvalue weighted by Gasteiger charge is 2.61. The molecule has 2 heterocycles. The Balaban J connectivity index is 2.08. The van der Waals surface area contributed by atoms with Gasteiger partial charge in [-0.25, -0.2) is 0 Å². The van der Waals surface area contributed by atoms with Crippen molar-refractivity contribution in [2.24, 2.45) is 0 Å². The normalized spacial score (nSPS) is 25.8. The number of fused-ring (bicyclic) bond motifs is 1. The number of benzene rings is 2. The molecule has 0 saturated carbocycles. The van der Waals surface area contributed by atoms with E-state index in [1.54, 1.807) is 44.2 Å². The Hall–Kier alpha value is -3.38. The van der Waals surface area contributed by atoms with Crippen molar-refractivity contribution >= 4 is 22.8 Å². The van der Waals surface area contributed by atoms with Crippen molar-refractivity contribution in [3.05, 3.63) is 80.7 Å². The third-order valence-electron chi connectivity index (χ3n) is 7.19. The molecule has 0 bridgehead atoms. The molecule has 1 fully saturated rings. The molecule has 1 unspecified atom stereocenters. The summed E-state index contributed by atoms with van der Waals surface area (Å²) < 4.78 is 17.6. The third-order valence-corrected chi connectivity index (χ3v) is 7.19. The van der Waals surface area contributed by atoms with Crippen LogP contribution in [0.15, 0.2) is 51.7 Å². The second-order valence-corrected chi connectivity index (χ2v) is 10.1. The quantitative estimate of drug-likeness (QED) is 0.259. The molecule has 10 heteroatoms. The van der Waals surface area contributed by atoms with Crippen LogP contribution in [0.4, 0.5) is 0 Å². The standard InChI is InChI=1S/C30H34O10/c1-5-8-17-9-6-7-10-19(17)27(35)30(37)28(36)25(34)22(14-31)40-29(30)24-21(38-4)11-15(2)23-20(33)13-18(12-16(3)32)39-26(23)24/h5-11,13,16,22,25,28-29,31-32,34,36-37H,12,14H2,1-4H3/t16?,22-,25-,28+,29+,30-/m1/s1. The van der Waals surface area contributed by atoms with Crippen molar-refractivity contribution in [3.63, 3.8) is 0 Å². The number of carbonyl (C=O) groups excluding carboxylic acids is 1. The highest BCUT2D eigenvalue weighted by Crippen LogP contribution is 2.48. The molecule has 3 aromatic rings. The average molecular weight is 555 g/mol. The van der Waals surface area contributed by atoms with Crippen LogP contribution in [0, 0.1) is 6.92 Å². The van der Waals surface area contributed by atoms with Crippen LogP contribution < -0.4 is 10.2 Å². The number of hydrogen-bond donors (Lipinski definition) is 5. The Morgan fingerprint density at radius 3 is 2.55 bits per heavy atom. The molecule has 1 saturated heterocycles. The van der Waals surface area contributed by atoms with Gasteiger partial charge >= 0.3 is 0 Å². The fourth-order valence-electron chi connectivity index (χ4n) is 5.29. The molecule has 0 amide bonds. The monoisotopic (exact) mass is 554 g/mol. The first-order valence-electron chi connectivity index (χ1n) is 12.9. The van der Waals surface area contributed by atoms with E-state index in [0.29, 0.717) is 11.1 Å². The molecule has 1 aliphatic rings. The van der Waals surface area contributed by atoms with Crippen molar-refractivity contribution in [1.82, 2.24) is 0 Å². The van der Waals surface area contributed by atoms with Crippen molar-refractivity contribution < 1.29 is 44.2 Å². The maximum atomic E-state index is 14.2. The van der Waals surface area contributed by atoms with Crippen LogP contribution in [0.2, 0.25) is 0 Å². The predicted molar refractivity (Wildman–Crippen MR) is 146 cm³/mol. The maximum absolute atomic E-state index is 14.2. The first-order valence-corrected chi connectivity index (χ1v) is 12.9. The minimum Gasteiger partial charge on any atom is -0.496 e. The second-order valence-electron chi connectivity index (χ2n) is 10.1. The molecule has 5 N–H and O–H groups in total. The highest BCUT2D eigenvalue weighted by molar-refractivity contribution is 6.06. The molecule has 40 heavy (non-hydrogen) atoms. The fourth-order valence-corrected chi connectivity index (χ4v) is 5.29. The van der Waals surface area contributed by atoms with Gasteiger partial charge in [-0.3, -0.25) is 9.59 Å². The van der Waals surface area contributed by atoms with Crippen molar-refractivity contribution in [2.45, 2.75) is 63.3 Å². The first kappa shape index (κ1) is 29.6. The van der Waals surface area contributed by atoms with Gasteiger partial charge in [-0.1, -0.05) is 36.4 Å². The van der Waals surface area contributed by atoms with Crippen molar-refractivity contribution in [2.75, 3.05) is 13.7 Å². The van der Waals surface area contributed by atoms with Gasteiger partial charge in [0.25, 0.3) is 0 Å². The van der Waals surface area contributed by atoms with E-state index in [4.69, 9.17) is 13.9 Å². The number of ketones is 1. The molecule has 1 aromatic heterocycles. The van der Waals surface area contributed by atoms with E-state index in [-0.39, 0.29) is 40.0 Å². The zero-order chi connectivity index (χ0) is 29.4. The van der Waals surface area contributed by atoms with Crippen LogP contribution >= 0.6 is 0 Å². The Labute approximate surface area is 230 Å². The van der Waals surface area contributed by atoms with E-state index in [2.05, 4.69) is 0 Å². The number of rotatable bonds is 8. The van der Waals surface area contributed by atoms with Gasteiger partial charge in [-0.15, -0.1) is 0 Å². The first-order chi connectivity index (χ1) is 19.0. The minimum atomic E-state index is -2.82. The molecular weight excluding hydrogens is 520 g/mol. The molecule has 1 aliphatic heterocycles.